The fraction of sp³-hybridized carbons (Fsp3) is 0.381. The van der Waals surface area contributed by atoms with E-state index in [4.69, 9.17) is 49.1 Å². The van der Waals surface area contributed by atoms with Gasteiger partial charge in [0.1, 0.15) is 24.8 Å². The van der Waals surface area contributed by atoms with Crippen molar-refractivity contribution < 1.29 is 71.4 Å². The molecule has 0 aromatic heterocycles. The molecule has 0 bridgehead atoms. The van der Waals surface area contributed by atoms with E-state index in [1.54, 1.807) is 73.7 Å². The molecule has 2 heterocycles. The van der Waals surface area contributed by atoms with Crippen LogP contribution >= 0.6 is 11.8 Å². The predicted molar refractivity (Wildman–Crippen MR) is 204 cm³/mol. The highest BCUT2D eigenvalue weighted by atomic mass is 32.2. The maximum atomic E-state index is 13.9. The minimum Gasteiger partial charge on any atom is -0.459 e. The van der Waals surface area contributed by atoms with Gasteiger partial charge in [-0.15, -0.1) is 18.2 Å². The maximum Gasteiger partial charge on any atom is 0.338 e. The van der Waals surface area contributed by atoms with Gasteiger partial charge in [0.2, 0.25) is 0 Å². The van der Waals surface area contributed by atoms with E-state index in [0.29, 0.717) is 0 Å². The monoisotopic (exact) mass is 818 g/mol. The van der Waals surface area contributed by atoms with Gasteiger partial charge in [-0.2, -0.15) is 0 Å². The smallest absolute Gasteiger partial charge is 0.338 e. The molecular formula is C42H42O15S. The number of rotatable bonds is 14. The van der Waals surface area contributed by atoms with E-state index >= 15 is 0 Å². The van der Waals surface area contributed by atoms with Crippen LogP contribution in [0.2, 0.25) is 0 Å². The molecule has 2 aliphatic rings. The van der Waals surface area contributed by atoms with Gasteiger partial charge in [-0.3, -0.25) is 14.4 Å². The van der Waals surface area contributed by atoms with Crippen LogP contribution < -0.4 is 0 Å². The number of ether oxygens (including phenoxy) is 9. The Kier molecular flexibility index (Phi) is 15.4. The topological polar surface area (TPSA) is 185 Å². The summed E-state index contributed by atoms with van der Waals surface area (Å²) >= 11 is 0.889. The van der Waals surface area contributed by atoms with E-state index < -0.39 is 102 Å². The summed E-state index contributed by atoms with van der Waals surface area (Å²) in [5.41, 5.74) is -0.764. The number of benzene rings is 3. The summed E-state index contributed by atoms with van der Waals surface area (Å²) in [5, 5.41) is -1.20. The van der Waals surface area contributed by atoms with Gasteiger partial charge in [0.25, 0.3) is 0 Å². The minimum atomic E-state index is -1.53. The van der Waals surface area contributed by atoms with Crippen LogP contribution in [0.5, 0.6) is 0 Å². The van der Waals surface area contributed by atoms with Crippen molar-refractivity contribution in [3.63, 3.8) is 0 Å². The standard InChI is InChI=1S/C42H42O15S/c1-6-22-49-41-35(57-40(48)30-20-14-9-15-21-30)34(56-39(47)29-18-12-8-13-19-29)37(31(55-41)23-50-38(46)28-16-10-7-11-17-28)58-42-36(54-27(5)45)33(53-26(4)44)32(24(2)51-42)52-25(3)43/h1,7-21,24,31-37,41-42H,22-23H2,2-5H3/t24?,31?,32-,33?,34?,35-,36-,37+,41+,42-/m0/s1. The Morgan fingerprint density at radius 3 is 1.57 bits per heavy atom. The predicted octanol–water partition coefficient (Wildman–Crippen LogP) is 4.31. The van der Waals surface area contributed by atoms with Crippen molar-refractivity contribution in [2.45, 2.75) is 87.4 Å². The average molecular weight is 819 g/mol. The van der Waals surface area contributed by atoms with Crippen LogP contribution in [0.25, 0.3) is 0 Å². The van der Waals surface area contributed by atoms with Crippen molar-refractivity contribution in [1.29, 1.82) is 0 Å². The Bertz CT molecular complexity index is 1940. The lowest BCUT2D eigenvalue weighted by molar-refractivity contribution is -0.263. The maximum absolute atomic E-state index is 13.9. The lowest BCUT2D eigenvalue weighted by atomic mass is 9.99. The van der Waals surface area contributed by atoms with Crippen molar-refractivity contribution in [2.24, 2.45) is 0 Å². The Labute approximate surface area is 338 Å². The zero-order valence-corrected chi connectivity index (χ0v) is 32.8. The summed E-state index contributed by atoms with van der Waals surface area (Å²) in [6.07, 6.45) is -5.21. The van der Waals surface area contributed by atoms with Crippen molar-refractivity contribution >= 4 is 47.6 Å². The quantitative estimate of drug-likeness (QED) is 0.127. The Balaban J connectivity index is 1.62. The third-order valence-corrected chi connectivity index (χ3v) is 10.3. The molecule has 2 fully saturated rings. The van der Waals surface area contributed by atoms with Gasteiger partial charge in [0.15, 0.2) is 36.8 Å². The molecule has 0 radical (unpaired) electrons. The van der Waals surface area contributed by atoms with E-state index in [9.17, 15) is 28.8 Å². The fourth-order valence-electron chi connectivity index (χ4n) is 6.28. The highest BCUT2D eigenvalue weighted by Crippen LogP contribution is 2.42. The normalized spacial score (nSPS) is 26.5. The summed E-state index contributed by atoms with van der Waals surface area (Å²) in [5.74, 6) is -2.34. The largest absolute Gasteiger partial charge is 0.459 e. The number of carbonyl (C=O) groups excluding carboxylic acids is 6. The first kappa shape index (κ1) is 43.4. The number of hydrogen-bond acceptors (Lipinski definition) is 16. The third-order valence-electron chi connectivity index (χ3n) is 8.74. The third kappa shape index (κ3) is 11.4. The van der Waals surface area contributed by atoms with E-state index in [1.807, 2.05) is 0 Å². The van der Waals surface area contributed by atoms with Crippen LogP contribution in [0.3, 0.4) is 0 Å². The molecular weight excluding hydrogens is 777 g/mol. The number of thioether (sulfide) groups is 1. The number of terminal acetylenes is 1. The van der Waals surface area contributed by atoms with Crippen LogP contribution in [0, 0.1) is 12.3 Å². The van der Waals surface area contributed by atoms with Crippen LogP contribution in [-0.4, -0.2) is 109 Å². The molecule has 10 atom stereocenters. The number of hydrogen-bond donors (Lipinski definition) is 0. The van der Waals surface area contributed by atoms with Gasteiger partial charge in [-0.25, -0.2) is 14.4 Å². The first-order chi connectivity index (χ1) is 27.9. The van der Waals surface area contributed by atoms with E-state index in [2.05, 4.69) is 5.92 Å². The highest BCUT2D eigenvalue weighted by Gasteiger charge is 2.56. The second-order valence-corrected chi connectivity index (χ2v) is 14.3. The van der Waals surface area contributed by atoms with Crippen LogP contribution in [0.4, 0.5) is 0 Å². The van der Waals surface area contributed by atoms with Crippen molar-refractivity contribution in [3.05, 3.63) is 108 Å². The highest BCUT2D eigenvalue weighted by molar-refractivity contribution is 8.00. The van der Waals surface area contributed by atoms with Gasteiger partial charge in [-0.05, 0) is 43.3 Å². The molecule has 16 heteroatoms. The van der Waals surface area contributed by atoms with E-state index in [-0.39, 0.29) is 23.3 Å². The van der Waals surface area contributed by atoms with Gasteiger partial charge in [0.05, 0.1) is 28.0 Å². The second-order valence-electron chi connectivity index (χ2n) is 13.0. The molecule has 0 spiro atoms. The SMILES string of the molecule is C#CCO[C@@H]1OC(COC(=O)c2ccccc2)[C@@H](S[C@@H]2OC(C)[C@H](OC(C)=O)C(OC(C)=O)[C@@H]2OC(C)=O)C(OC(=O)c2ccccc2)[C@@H]1OC(=O)c1ccccc1. The van der Waals surface area contributed by atoms with Crippen LogP contribution in [0.1, 0.15) is 58.8 Å². The van der Waals surface area contributed by atoms with Crippen LogP contribution in [-0.2, 0) is 57.0 Å². The van der Waals surface area contributed by atoms with Gasteiger partial charge >= 0.3 is 35.8 Å². The molecule has 0 saturated carbocycles. The lowest BCUT2D eigenvalue weighted by Gasteiger charge is -2.48. The Morgan fingerprint density at radius 1 is 0.603 bits per heavy atom. The van der Waals surface area contributed by atoms with Gasteiger partial charge in [-0.1, -0.05) is 60.5 Å². The summed E-state index contributed by atoms with van der Waals surface area (Å²) in [4.78, 5) is 78.1. The first-order valence-corrected chi connectivity index (χ1v) is 19.1. The van der Waals surface area contributed by atoms with Gasteiger partial charge in [0, 0.05) is 20.8 Å². The fourth-order valence-corrected chi connectivity index (χ4v) is 7.88. The van der Waals surface area contributed by atoms with Crippen molar-refractivity contribution in [1.82, 2.24) is 0 Å². The summed E-state index contributed by atoms with van der Waals surface area (Å²) < 4.78 is 53.4. The second kappa shape index (κ2) is 20.6. The molecule has 0 amide bonds. The summed E-state index contributed by atoms with van der Waals surface area (Å²) in [6.45, 7) is 4.14. The zero-order valence-electron chi connectivity index (χ0n) is 32.0. The summed E-state index contributed by atoms with van der Waals surface area (Å²) in [6, 6.07) is 24.1. The summed E-state index contributed by atoms with van der Waals surface area (Å²) in [7, 11) is 0. The minimum absolute atomic E-state index is 0.138. The molecule has 306 valence electrons. The molecule has 2 saturated heterocycles. The number of esters is 6. The molecule has 5 rings (SSSR count). The molecule has 0 N–H and O–H groups in total. The van der Waals surface area contributed by atoms with E-state index in [0.717, 1.165) is 32.5 Å². The number of carbonyl (C=O) groups is 6. The Morgan fingerprint density at radius 2 is 1.07 bits per heavy atom. The van der Waals surface area contributed by atoms with Crippen molar-refractivity contribution in [2.75, 3.05) is 13.2 Å². The molecule has 4 unspecified atom stereocenters. The van der Waals surface area contributed by atoms with Crippen LogP contribution in [0.15, 0.2) is 91.0 Å². The first-order valence-electron chi connectivity index (χ1n) is 18.1. The molecule has 3 aromatic rings. The molecule has 0 aliphatic carbocycles. The van der Waals surface area contributed by atoms with Gasteiger partial charge < -0.3 is 42.6 Å². The molecule has 58 heavy (non-hydrogen) atoms. The lowest BCUT2D eigenvalue weighted by Crippen LogP contribution is -2.63. The zero-order chi connectivity index (χ0) is 41.8. The van der Waals surface area contributed by atoms with Crippen molar-refractivity contribution in [3.8, 4) is 12.3 Å². The van der Waals surface area contributed by atoms with E-state index in [1.165, 1.54) is 24.3 Å². The molecule has 2 aliphatic heterocycles. The molecule has 15 nitrogen and oxygen atoms in total. The Hall–Kier alpha value is -5.73. The molecule has 3 aromatic carbocycles. The average Bonchev–Trinajstić information content (AvgIpc) is 3.21.